The van der Waals surface area contributed by atoms with Gasteiger partial charge in [-0.2, -0.15) is 0 Å². The number of halogens is 1. The smallest absolute Gasteiger partial charge is 0.336 e. The Labute approximate surface area is 110 Å². The van der Waals surface area contributed by atoms with Gasteiger partial charge in [0.1, 0.15) is 11.5 Å². The Balaban J connectivity index is 0.00000120. The van der Waals surface area contributed by atoms with Crippen LogP contribution in [-0.4, -0.2) is 11.1 Å². The standard InChI is InChI=1S/C14H10O3.ClH/c15-14(16)10-5-3-7-13-11(10)8-9-4-1-2-6-12(9)17-13;/h1-7H,8H2,(H,15,16);1H. The number of hydrogen-bond acceptors (Lipinski definition) is 2. The number of aromatic carboxylic acids is 1. The van der Waals surface area contributed by atoms with E-state index in [0.29, 0.717) is 17.7 Å². The summed E-state index contributed by atoms with van der Waals surface area (Å²) in [6.07, 6.45) is 0.605. The summed E-state index contributed by atoms with van der Waals surface area (Å²) in [5.74, 6) is 0.538. The summed E-state index contributed by atoms with van der Waals surface area (Å²) >= 11 is 0. The van der Waals surface area contributed by atoms with Crippen molar-refractivity contribution >= 4 is 18.4 Å². The van der Waals surface area contributed by atoms with E-state index in [-0.39, 0.29) is 12.4 Å². The first-order valence-corrected chi connectivity index (χ1v) is 5.36. The fourth-order valence-corrected chi connectivity index (χ4v) is 2.10. The maximum Gasteiger partial charge on any atom is 0.336 e. The van der Waals surface area contributed by atoms with Gasteiger partial charge >= 0.3 is 5.97 Å². The summed E-state index contributed by atoms with van der Waals surface area (Å²) in [4.78, 5) is 11.1. The molecule has 0 aromatic heterocycles. The molecule has 0 fully saturated rings. The van der Waals surface area contributed by atoms with Gasteiger partial charge in [-0.1, -0.05) is 24.3 Å². The van der Waals surface area contributed by atoms with Crippen molar-refractivity contribution in [1.82, 2.24) is 0 Å². The molecule has 0 aliphatic carbocycles. The fourth-order valence-electron chi connectivity index (χ4n) is 2.10. The van der Waals surface area contributed by atoms with E-state index in [9.17, 15) is 4.79 Å². The van der Waals surface area contributed by atoms with Gasteiger partial charge in [-0.25, -0.2) is 4.79 Å². The Morgan fingerprint density at radius 3 is 2.56 bits per heavy atom. The Morgan fingerprint density at radius 1 is 1.06 bits per heavy atom. The number of fused-ring (bicyclic) bond motifs is 2. The highest BCUT2D eigenvalue weighted by atomic mass is 35.5. The van der Waals surface area contributed by atoms with Crippen molar-refractivity contribution in [1.29, 1.82) is 0 Å². The lowest BCUT2D eigenvalue weighted by molar-refractivity contribution is 0.0695. The molecule has 1 N–H and O–H groups in total. The van der Waals surface area contributed by atoms with Gasteiger partial charge in [-0.3, -0.25) is 0 Å². The van der Waals surface area contributed by atoms with Crippen molar-refractivity contribution in [2.75, 3.05) is 0 Å². The highest BCUT2D eigenvalue weighted by molar-refractivity contribution is 5.90. The van der Waals surface area contributed by atoms with Crippen LogP contribution in [0.2, 0.25) is 0 Å². The first-order chi connectivity index (χ1) is 8.25. The maximum atomic E-state index is 11.1. The molecule has 92 valence electrons. The molecule has 18 heavy (non-hydrogen) atoms. The molecular formula is C14H11ClO3. The number of hydrogen-bond donors (Lipinski definition) is 1. The molecule has 1 aliphatic rings. The van der Waals surface area contributed by atoms with Crippen LogP contribution in [0.3, 0.4) is 0 Å². The van der Waals surface area contributed by atoms with E-state index in [1.165, 1.54) is 0 Å². The van der Waals surface area contributed by atoms with Crippen molar-refractivity contribution in [3.63, 3.8) is 0 Å². The number of carboxylic acid groups (broad SMARTS) is 1. The first kappa shape index (κ1) is 12.5. The molecule has 0 saturated heterocycles. The second-order valence-electron chi connectivity index (χ2n) is 3.97. The highest BCUT2D eigenvalue weighted by Gasteiger charge is 2.21. The summed E-state index contributed by atoms with van der Waals surface area (Å²) in [6, 6.07) is 12.8. The predicted molar refractivity (Wildman–Crippen MR) is 70.0 cm³/mol. The molecule has 4 heteroatoms. The minimum atomic E-state index is -0.912. The van der Waals surface area contributed by atoms with E-state index in [4.69, 9.17) is 9.84 Å². The number of benzene rings is 2. The summed E-state index contributed by atoms with van der Waals surface area (Å²) in [5, 5.41) is 9.13. The second-order valence-corrected chi connectivity index (χ2v) is 3.97. The van der Waals surface area contributed by atoms with Gasteiger partial charge in [-0.15, -0.1) is 12.4 Å². The zero-order chi connectivity index (χ0) is 11.8. The topological polar surface area (TPSA) is 46.5 Å². The van der Waals surface area contributed by atoms with E-state index < -0.39 is 5.97 Å². The number of carbonyl (C=O) groups is 1. The Kier molecular flexibility index (Phi) is 3.26. The summed E-state index contributed by atoms with van der Waals surface area (Å²) in [5.41, 5.74) is 2.09. The zero-order valence-corrected chi connectivity index (χ0v) is 10.2. The lowest BCUT2D eigenvalue weighted by atomic mass is 9.96. The molecular weight excluding hydrogens is 252 g/mol. The second kappa shape index (κ2) is 4.70. The van der Waals surface area contributed by atoms with Crippen LogP contribution in [0.5, 0.6) is 11.5 Å². The van der Waals surface area contributed by atoms with Gasteiger partial charge in [0.05, 0.1) is 5.56 Å². The third-order valence-corrected chi connectivity index (χ3v) is 2.92. The summed E-state index contributed by atoms with van der Waals surface area (Å²) < 4.78 is 5.70. The van der Waals surface area contributed by atoms with Crippen molar-refractivity contribution < 1.29 is 14.6 Å². The van der Waals surface area contributed by atoms with Crippen LogP contribution < -0.4 is 4.74 Å². The largest absolute Gasteiger partial charge is 0.478 e. The first-order valence-electron chi connectivity index (χ1n) is 5.36. The predicted octanol–water partition coefficient (Wildman–Crippen LogP) is 3.50. The lowest BCUT2D eigenvalue weighted by Crippen LogP contribution is -2.09. The van der Waals surface area contributed by atoms with Gasteiger partial charge in [0, 0.05) is 12.0 Å². The normalized spacial score (nSPS) is 11.6. The molecule has 0 radical (unpaired) electrons. The molecule has 3 rings (SSSR count). The van der Waals surface area contributed by atoms with E-state index >= 15 is 0 Å². The summed E-state index contributed by atoms with van der Waals surface area (Å²) in [6.45, 7) is 0. The number of rotatable bonds is 1. The van der Waals surface area contributed by atoms with E-state index in [2.05, 4.69) is 0 Å². The van der Waals surface area contributed by atoms with Crippen LogP contribution in [0.1, 0.15) is 21.5 Å². The van der Waals surface area contributed by atoms with Gasteiger partial charge in [0.2, 0.25) is 0 Å². The van der Waals surface area contributed by atoms with Crippen LogP contribution in [0, 0.1) is 0 Å². The molecule has 0 spiro atoms. The van der Waals surface area contributed by atoms with Gasteiger partial charge in [-0.05, 0) is 23.8 Å². The Bertz CT molecular complexity index is 608. The third kappa shape index (κ3) is 1.93. The van der Waals surface area contributed by atoms with Gasteiger partial charge in [0.15, 0.2) is 0 Å². The molecule has 0 saturated carbocycles. The molecule has 0 amide bonds. The molecule has 2 aromatic carbocycles. The van der Waals surface area contributed by atoms with Crippen LogP contribution in [0.4, 0.5) is 0 Å². The van der Waals surface area contributed by atoms with Crippen LogP contribution >= 0.6 is 12.4 Å². The average Bonchev–Trinajstić information content (AvgIpc) is 2.35. The lowest BCUT2D eigenvalue weighted by Gasteiger charge is -2.21. The molecule has 0 unspecified atom stereocenters. The number of para-hydroxylation sites is 1. The number of carboxylic acids is 1. The van der Waals surface area contributed by atoms with E-state index in [1.807, 2.05) is 24.3 Å². The molecule has 2 aromatic rings. The maximum absolute atomic E-state index is 11.1. The molecule has 0 bridgehead atoms. The fraction of sp³-hybridized carbons (Fsp3) is 0.0714. The van der Waals surface area contributed by atoms with Crippen molar-refractivity contribution in [2.45, 2.75) is 6.42 Å². The highest BCUT2D eigenvalue weighted by Crippen LogP contribution is 2.37. The SMILES string of the molecule is Cl.O=C(O)c1cccc2c1Cc1ccccc1O2. The quantitative estimate of drug-likeness (QED) is 0.730. The minimum absolute atomic E-state index is 0. The van der Waals surface area contributed by atoms with Crippen molar-refractivity contribution in [3.05, 3.63) is 59.2 Å². The minimum Gasteiger partial charge on any atom is -0.478 e. The molecule has 3 nitrogen and oxygen atoms in total. The van der Waals surface area contributed by atoms with Gasteiger partial charge < -0.3 is 9.84 Å². The summed E-state index contributed by atoms with van der Waals surface area (Å²) in [7, 11) is 0. The van der Waals surface area contributed by atoms with Crippen molar-refractivity contribution in [2.24, 2.45) is 0 Å². The van der Waals surface area contributed by atoms with Crippen LogP contribution in [-0.2, 0) is 6.42 Å². The molecule has 1 aliphatic heterocycles. The zero-order valence-electron chi connectivity index (χ0n) is 9.42. The van der Waals surface area contributed by atoms with E-state index in [1.54, 1.807) is 18.2 Å². The molecule has 1 heterocycles. The monoisotopic (exact) mass is 262 g/mol. The van der Waals surface area contributed by atoms with Gasteiger partial charge in [0.25, 0.3) is 0 Å². The Morgan fingerprint density at radius 2 is 1.78 bits per heavy atom. The third-order valence-electron chi connectivity index (χ3n) is 2.92. The van der Waals surface area contributed by atoms with Crippen LogP contribution in [0.25, 0.3) is 0 Å². The average molecular weight is 263 g/mol. The number of ether oxygens (including phenoxy) is 1. The van der Waals surface area contributed by atoms with E-state index in [0.717, 1.165) is 16.9 Å². The Hall–Kier alpha value is -2.00. The molecule has 0 atom stereocenters. The van der Waals surface area contributed by atoms with Crippen LogP contribution in [0.15, 0.2) is 42.5 Å². The van der Waals surface area contributed by atoms with Crippen molar-refractivity contribution in [3.8, 4) is 11.5 Å².